The molecule has 1 aliphatic rings. The van der Waals surface area contributed by atoms with Gasteiger partial charge in [-0.3, -0.25) is 4.79 Å². The molecule has 2 aromatic rings. The third kappa shape index (κ3) is 4.60. The number of ether oxygens (including phenoxy) is 1. The molecule has 1 N–H and O–H groups in total. The number of hydrogen-bond donors (Lipinski definition) is 1. The van der Waals surface area contributed by atoms with E-state index in [0.717, 1.165) is 12.8 Å². The van der Waals surface area contributed by atoms with Crippen LogP contribution >= 0.6 is 11.3 Å². The smallest absolute Gasteiger partial charge is 0.337 e. The van der Waals surface area contributed by atoms with Crippen molar-refractivity contribution in [2.75, 3.05) is 19.0 Å². The van der Waals surface area contributed by atoms with Crippen molar-refractivity contribution in [3.8, 4) is 0 Å². The summed E-state index contributed by atoms with van der Waals surface area (Å²) < 4.78 is 32.2. The van der Waals surface area contributed by atoms with Crippen LogP contribution in [0.15, 0.2) is 46.0 Å². The van der Waals surface area contributed by atoms with Crippen LogP contribution in [0.2, 0.25) is 0 Å². The largest absolute Gasteiger partial charge is 0.465 e. The number of amides is 1. The average Bonchev–Trinajstić information content (AvgIpc) is 3.24. The number of nitrogens with zero attached hydrogens (tertiary/aromatic N) is 1. The van der Waals surface area contributed by atoms with E-state index < -0.39 is 16.0 Å². The maximum absolute atomic E-state index is 12.9. The molecule has 1 fully saturated rings. The molecular weight excluding hydrogens is 400 g/mol. The Kier molecular flexibility index (Phi) is 6.48. The molecule has 1 aromatic carbocycles. The van der Waals surface area contributed by atoms with Crippen molar-refractivity contribution in [1.29, 1.82) is 0 Å². The molecule has 1 aliphatic heterocycles. The standard InChI is InChI=1S/C19H22N2O5S2/c1-26-19(23)14-7-9-15(10-8-14)20-17(22)13-16-5-2-3-11-21(16)28(24,25)18-6-4-12-27-18/h4,6-10,12,16H,2-3,5,11,13H2,1H3,(H,20,22)/t16-/m0/s1. The monoisotopic (exact) mass is 422 g/mol. The van der Waals surface area contributed by atoms with Crippen molar-refractivity contribution < 1.29 is 22.7 Å². The second-order valence-electron chi connectivity index (χ2n) is 6.52. The van der Waals surface area contributed by atoms with Crippen LogP contribution in [-0.2, 0) is 19.6 Å². The van der Waals surface area contributed by atoms with Gasteiger partial charge < -0.3 is 10.1 Å². The fourth-order valence-electron chi connectivity index (χ4n) is 3.25. The first-order chi connectivity index (χ1) is 13.4. The number of carbonyl (C=O) groups is 2. The molecular formula is C19H22N2O5S2. The van der Waals surface area contributed by atoms with Gasteiger partial charge in [-0.15, -0.1) is 11.3 Å². The molecule has 0 saturated carbocycles. The lowest BCUT2D eigenvalue weighted by molar-refractivity contribution is -0.117. The van der Waals surface area contributed by atoms with Crippen LogP contribution in [0.25, 0.3) is 0 Å². The van der Waals surface area contributed by atoms with Gasteiger partial charge in [0, 0.05) is 24.7 Å². The number of benzene rings is 1. The first-order valence-electron chi connectivity index (χ1n) is 8.95. The summed E-state index contributed by atoms with van der Waals surface area (Å²) in [5, 5.41) is 4.50. The maximum atomic E-state index is 12.9. The lowest BCUT2D eigenvalue weighted by Gasteiger charge is -2.34. The van der Waals surface area contributed by atoms with E-state index in [1.807, 2.05) is 0 Å². The highest BCUT2D eigenvalue weighted by molar-refractivity contribution is 7.91. The Morgan fingerprint density at radius 1 is 1.21 bits per heavy atom. The van der Waals surface area contributed by atoms with Gasteiger partial charge in [0.2, 0.25) is 5.91 Å². The summed E-state index contributed by atoms with van der Waals surface area (Å²) in [7, 11) is -2.28. The SMILES string of the molecule is COC(=O)c1ccc(NC(=O)C[C@@H]2CCCCN2S(=O)(=O)c2cccs2)cc1. The number of piperidine rings is 1. The molecule has 28 heavy (non-hydrogen) atoms. The van der Waals surface area contributed by atoms with Gasteiger partial charge >= 0.3 is 5.97 Å². The molecule has 7 nitrogen and oxygen atoms in total. The predicted octanol–water partition coefficient (Wildman–Crippen LogP) is 3.11. The van der Waals surface area contributed by atoms with E-state index in [0.29, 0.717) is 28.4 Å². The molecule has 0 bridgehead atoms. The molecule has 2 heterocycles. The molecule has 9 heteroatoms. The zero-order chi connectivity index (χ0) is 20.1. The third-order valence-electron chi connectivity index (χ3n) is 4.64. The summed E-state index contributed by atoms with van der Waals surface area (Å²) in [5.41, 5.74) is 0.933. The van der Waals surface area contributed by atoms with Gasteiger partial charge in [0.1, 0.15) is 4.21 Å². The van der Waals surface area contributed by atoms with Crippen LogP contribution < -0.4 is 5.32 Å². The molecule has 1 amide bonds. The Balaban J connectivity index is 1.67. The molecule has 0 aliphatic carbocycles. The highest BCUT2D eigenvalue weighted by Gasteiger charge is 2.35. The van der Waals surface area contributed by atoms with E-state index in [1.165, 1.54) is 22.8 Å². The molecule has 3 rings (SSSR count). The number of nitrogens with one attached hydrogen (secondary N) is 1. The predicted molar refractivity (Wildman–Crippen MR) is 107 cm³/mol. The van der Waals surface area contributed by atoms with Gasteiger partial charge in [0.25, 0.3) is 10.0 Å². The molecule has 1 aromatic heterocycles. The van der Waals surface area contributed by atoms with Crippen LogP contribution in [0.5, 0.6) is 0 Å². The van der Waals surface area contributed by atoms with Crippen molar-refractivity contribution in [1.82, 2.24) is 4.31 Å². The molecule has 1 saturated heterocycles. The number of carbonyl (C=O) groups excluding carboxylic acids is 2. The van der Waals surface area contributed by atoms with E-state index >= 15 is 0 Å². The lowest BCUT2D eigenvalue weighted by atomic mass is 10.0. The number of methoxy groups -OCH3 is 1. The third-order valence-corrected chi connectivity index (χ3v) is 7.97. The molecule has 150 valence electrons. The van der Waals surface area contributed by atoms with Crippen LogP contribution in [0.3, 0.4) is 0 Å². The summed E-state index contributed by atoms with van der Waals surface area (Å²) in [6, 6.07) is 9.30. The van der Waals surface area contributed by atoms with Crippen molar-refractivity contribution in [3.63, 3.8) is 0 Å². The van der Waals surface area contributed by atoms with E-state index in [9.17, 15) is 18.0 Å². The first kappa shape index (κ1) is 20.5. The van der Waals surface area contributed by atoms with E-state index in [2.05, 4.69) is 10.1 Å². The Labute approximate surface area is 168 Å². The van der Waals surface area contributed by atoms with E-state index in [1.54, 1.807) is 41.8 Å². The van der Waals surface area contributed by atoms with Crippen molar-refractivity contribution in [2.45, 2.75) is 35.9 Å². The number of sulfonamides is 1. The number of thiophene rings is 1. The number of esters is 1. The van der Waals surface area contributed by atoms with Crippen LogP contribution in [0, 0.1) is 0 Å². The van der Waals surface area contributed by atoms with E-state index in [-0.39, 0.29) is 18.4 Å². The van der Waals surface area contributed by atoms with Crippen molar-refractivity contribution in [3.05, 3.63) is 47.3 Å². The van der Waals surface area contributed by atoms with Crippen LogP contribution in [-0.4, -0.2) is 44.3 Å². The number of hydrogen-bond acceptors (Lipinski definition) is 6. The zero-order valence-corrected chi connectivity index (χ0v) is 17.1. The highest BCUT2D eigenvalue weighted by Crippen LogP contribution is 2.29. The molecule has 0 radical (unpaired) electrons. The Morgan fingerprint density at radius 2 is 1.96 bits per heavy atom. The van der Waals surface area contributed by atoms with E-state index in [4.69, 9.17) is 0 Å². The van der Waals surface area contributed by atoms with Crippen molar-refractivity contribution in [2.24, 2.45) is 0 Å². The summed E-state index contributed by atoms with van der Waals surface area (Å²) in [4.78, 5) is 24.0. The van der Waals surface area contributed by atoms with Gasteiger partial charge in [-0.05, 0) is 48.6 Å². The molecule has 0 spiro atoms. The fraction of sp³-hybridized carbons (Fsp3) is 0.368. The summed E-state index contributed by atoms with van der Waals surface area (Å²) in [6.45, 7) is 0.423. The second-order valence-corrected chi connectivity index (χ2v) is 9.58. The fourth-order valence-corrected chi connectivity index (χ4v) is 6.07. The Bertz CT molecular complexity index is 924. The number of anilines is 1. The lowest BCUT2D eigenvalue weighted by Crippen LogP contribution is -2.45. The minimum Gasteiger partial charge on any atom is -0.465 e. The Morgan fingerprint density at radius 3 is 2.61 bits per heavy atom. The highest BCUT2D eigenvalue weighted by atomic mass is 32.2. The van der Waals surface area contributed by atoms with Gasteiger partial charge in [-0.1, -0.05) is 12.5 Å². The van der Waals surface area contributed by atoms with Gasteiger partial charge in [0.05, 0.1) is 12.7 Å². The summed E-state index contributed by atoms with van der Waals surface area (Å²) in [5.74, 6) is -0.710. The Hall–Kier alpha value is -2.23. The average molecular weight is 423 g/mol. The molecule has 1 atom stereocenters. The van der Waals surface area contributed by atoms with Gasteiger partial charge in [-0.25, -0.2) is 13.2 Å². The second kappa shape index (κ2) is 8.85. The zero-order valence-electron chi connectivity index (χ0n) is 15.5. The topological polar surface area (TPSA) is 92.8 Å². The summed E-state index contributed by atoms with van der Waals surface area (Å²) >= 11 is 1.18. The van der Waals surface area contributed by atoms with Crippen molar-refractivity contribution >= 4 is 38.9 Å². The van der Waals surface area contributed by atoms with Crippen LogP contribution in [0.1, 0.15) is 36.0 Å². The quantitative estimate of drug-likeness (QED) is 0.722. The number of rotatable bonds is 6. The van der Waals surface area contributed by atoms with Crippen LogP contribution in [0.4, 0.5) is 5.69 Å². The molecule has 0 unspecified atom stereocenters. The maximum Gasteiger partial charge on any atom is 0.337 e. The first-order valence-corrected chi connectivity index (χ1v) is 11.3. The minimum atomic E-state index is -3.58. The van der Waals surface area contributed by atoms with Gasteiger partial charge in [-0.2, -0.15) is 4.31 Å². The minimum absolute atomic E-state index is 0.0867. The van der Waals surface area contributed by atoms with Gasteiger partial charge in [0.15, 0.2) is 0 Å². The summed E-state index contributed by atoms with van der Waals surface area (Å²) in [6.07, 6.45) is 2.42. The normalized spacial score (nSPS) is 17.8.